The van der Waals surface area contributed by atoms with Gasteiger partial charge in [0.15, 0.2) is 0 Å². The van der Waals surface area contributed by atoms with Crippen molar-refractivity contribution in [1.82, 2.24) is 4.31 Å². The number of carbonyl (C=O) groups excluding carboxylic acids is 2. The summed E-state index contributed by atoms with van der Waals surface area (Å²) in [4.78, 5) is 27.3. The number of nitrogens with two attached hydrogens (primary N) is 1. The Hall–Kier alpha value is -2.91. The first-order valence-corrected chi connectivity index (χ1v) is 13.3. The molecule has 182 valence electrons. The largest absolute Gasteiger partial charge is 0.370 e. The lowest BCUT2D eigenvalue weighted by atomic mass is 10.1. The van der Waals surface area contributed by atoms with Crippen LogP contribution in [0, 0.1) is 6.92 Å². The first kappa shape index (κ1) is 24.2. The summed E-state index contributed by atoms with van der Waals surface area (Å²) < 4.78 is 28.0. The molecule has 0 spiro atoms. The smallest absolute Gasteiger partial charge is 0.255 e. The molecule has 0 unspecified atom stereocenters. The molecule has 2 amide bonds. The first-order valence-electron chi connectivity index (χ1n) is 11.9. The third-order valence-corrected chi connectivity index (χ3v) is 8.65. The summed E-state index contributed by atoms with van der Waals surface area (Å²) in [6.07, 6.45) is 5.98. The molecule has 2 fully saturated rings. The molecule has 2 aromatic rings. The van der Waals surface area contributed by atoms with E-state index in [9.17, 15) is 18.0 Å². The lowest BCUT2D eigenvalue weighted by molar-refractivity contribution is 0.0996. The Morgan fingerprint density at radius 3 is 2.12 bits per heavy atom. The number of anilines is 2. The van der Waals surface area contributed by atoms with Gasteiger partial charge in [-0.1, -0.05) is 12.5 Å². The highest BCUT2D eigenvalue weighted by Gasteiger charge is 2.28. The van der Waals surface area contributed by atoms with E-state index in [1.54, 1.807) is 31.2 Å². The van der Waals surface area contributed by atoms with E-state index >= 15 is 0 Å². The molecule has 4 rings (SSSR count). The molecule has 8 nitrogen and oxygen atoms in total. The van der Waals surface area contributed by atoms with Crippen LogP contribution in [-0.4, -0.2) is 50.7 Å². The molecule has 3 N–H and O–H groups in total. The highest BCUT2D eigenvalue weighted by molar-refractivity contribution is 7.89. The molecular formula is C25H32N4O4S. The van der Waals surface area contributed by atoms with E-state index in [2.05, 4.69) is 10.2 Å². The second-order valence-electron chi connectivity index (χ2n) is 9.04. The molecule has 2 heterocycles. The van der Waals surface area contributed by atoms with Gasteiger partial charge in [-0.3, -0.25) is 9.59 Å². The van der Waals surface area contributed by atoms with Crippen LogP contribution in [0.4, 0.5) is 11.4 Å². The van der Waals surface area contributed by atoms with Crippen LogP contribution < -0.4 is 16.0 Å². The number of sulfonamides is 1. The summed E-state index contributed by atoms with van der Waals surface area (Å²) in [7, 11) is -3.68. The number of amides is 2. The molecule has 0 aliphatic carbocycles. The fourth-order valence-electron chi connectivity index (χ4n) is 4.66. The predicted octanol–water partition coefficient (Wildman–Crippen LogP) is 3.51. The Kier molecular flexibility index (Phi) is 7.23. The van der Waals surface area contributed by atoms with Crippen molar-refractivity contribution in [3.05, 3.63) is 53.1 Å². The van der Waals surface area contributed by atoms with E-state index in [-0.39, 0.29) is 10.5 Å². The minimum Gasteiger partial charge on any atom is -0.370 e. The maximum absolute atomic E-state index is 13.3. The van der Waals surface area contributed by atoms with Gasteiger partial charge in [0.05, 0.1) is 16.3 Å². The van der Waals surface area contributed by atoms with Crippen molar-refractivity contribution in [1.29, 1.82) is 0 Å². The summed E-state index contributed by atoms with van der Waals surface area (Å²) in [5.41, 5.74) is 7.94. The molecule has 9 heteroatoms. The molecule has 2 aliphatic heterocycles. The van der Waals surface area contributed by atoms with Gasteiger partial charge < -0.3 is 16.0 Å². The maximum Gasteiger partial charge on any atom is 0.255 e. The van der Waals surface area contributed by atoms with E-state index in [1.165, 1.54) is 10.4 Å². The van der Waals surface area contributed by atoms with Crippen LogP contribution in [-0.2, 0) is 10.0 Å². The number of hydrogen-bond acceptors (Lipinski definition) is 5. The molecule has 0 atom stereocenters. The van der Waals surface area contributed by atoms with Crippen molar-refractivity contribution in [2.75, 3.05) is 36.4 Å². The van der Waals surface area contributed by atoms with Crippen LogP contribution in [0.1, 0.15) is 64.8 Å². The molecule has 2 saturated heterocycles. The van der Waals surface area contributed by atoms with Crippen molar-refractivity contribution >= 4 is 33.2 Å². The standard InChI is InChI=1S/C25H32N4O4S/c1-18-8-9-20(17-23(18)34(32,33)29-14-6-3-7-15-29)25(31)27-21-16-19(24(26)30)10-11-22(21)28-12-4-2-5-13-28/h8-11,16-17H,2-7,12-15H2,1H3,(H2,26,30)(H,27,31). The molecule has 0 bridgehead atoms. The number of benzene rings is 2. The summed E-state index contributed by atoms with van der Waals surface area (Å²) in [5, 5.41) is 2.90. The van der Waals surface area contributed by atoms with Gasteiger partial charge in [0.1, 0.15) is 0 Å². The molecule has 0 aromatic heterocycles. The average molecular weight is 485 g/mol. The third kappa shape index (κ3) is 5.10. The number of nitrogens with zero attached hydrogens (tertiary/aromatic N) is 2. The van der Waals surface area contributed by atoms with Crippen molar-refractivity contribution in [2.45, 2.75) is 50.3 Å². The van der Waals surface area contributed by atoms with Crippen molar-refractivity contribution in [3.63, 3.8) is 0 Å². The zero-order valence-corrected chi connectivity index (χ0v) is 20.4. The number of hydrogen-bond donors (Lipinski definition) is 2. The fourth-order valence-corrected chi connectivity index (χ4v) is 6.43. The minimum absolute atomic E-state index is 0.157. The molecule has 34 heavy (non-hydrogen) atoms. The Morgan fingerprint density at radius 1 is 0.853 bits per heavy atom. The molecular weight excluding hydrogens is 452 g/mol. The lowest BCUT2D eigenvalue weighted by Gasteiger charge is -2.30. The van der Waals surface area contributed by atoms with Gasteiger partial charge in [0.25, 0.3) is 5.91 Å². The summed E-state index contributed by atoms with van der Waals surface area (Å²) in [6.45, 7) is 4.46. The van der Waals surface area contributed by atoms with Gasteiger partial charge >= 0.3 is 0 Å². The second-order valence-corrected chi connectivity index (χ2v) is 10.9. The van der Waals surface area contributed by atoms with Crippen molar-refractivity contribution in [3.8, 4) is 0 Å². The van der Waals surface area contributed by atoms with Crippen molar-refractivity contribution in [2.24, 2.45) is 5.73 Å². The van der Waals surface area contributed by atoms with Crippen LogP contribution >= 0.6 is 0 Å². The van der Waals surface area contributed by atoms with Gasteiger partial charge in [-0.05, 0) is 74.9 Å². The Morgan fingerprint density at radius 2 is 1.47 bits per heavy atom. The van der Waals surface area contributed by atoms with Gasteiger partial charge in [-0.25, -0.2) is 8.42 Å². The zero-order chi connectivity index (χ0) is 24.3. The number of primary amides is 1. The van der Waals surface area contributed by atoms with Gasteiger partial charge in [-0.15, -0.1) is 0 Å². The van der Waals surface area contributed by atoms with Crippen LogP contribution in [0.15, 0.2) is 41.3 Å². The highest BCUT2D eigenvalue weighted by atomic mass is 32.2. The predicted molar refractivity (Wildman–Crippen MR) is 133 cm³/mol. The monoisotopic (exact) mass is 484 g/mol. The topological polar surface area (TPSA) is 113 Å². The molecule has 0 radical (unpaired) electrons. The van der Waals surface area contributed by atoms with E-state index in [1.807, 2.05) is 6.07 Å². The Balaban J connectivity index is 1.64. The van der Waals surface area contributed by atoms with Gasteiger partial charge in [0, 0.05) is 37.3 Å². The van der Waals surface area contributed by atoms with Crippen LogP contribution in [0.25, 0.3) is 0 Å². The molecule has 2 aromatic carbocycles. The average Bonchev–Trinajstić information content (AvgIpc) is 2.85. The lowest BCUT2D eigenvalue weighted by Crippen LogP contribution is -2.36. The number of nitrogens with one attached hydrogen (secondary N) is 1. The Labute approximate surface area is 201 Å². The normalized spacial score (nSPS) is 17.4. The number of aryl methyl sites for hydroxylation is 1. The zero-order valence-electron chi connectivity index (χ0n) is 19.5. The van der Waals surface area contributed by atoms with Crippen LogP contribution in [0.3, 0.4) is 0 Å². The molecule has 0 saturated carbocycles. The number of carbonyl (C=O) groups is 2. The van der Waals surface area contributed by atoms with Gasteiger partial charge in [-0.2, -0.15) is 4.31 Å². The van der Waals surface area contributed by atoms with Crippen LogP contribution in [0.2, 0.25) is 0 Å². The fraction of sp³-hybridized carbons (Fsp3) is 0.440. The van der Waals surface area contributed by atoms with E-state index in [0.717, 1.165) is 57.3 Å². The quantitative estimate of drug-likeness (QED) is 0.652. The van der Waals surface area contributed by atoms with E-state index in [4.69, 9.17) is 5.73 Å². The van der Waals surface area contributed by atoms with E-state index < -0.39 is 21.8 Å². The Bertz CT molecular complexity index is 1180. The number of rotatable bonds is 6. The number of piperidine rings is 2. The van der Waals surface area contributed by atoms with Crippen molar-refractivity contribution < 1.29 is 18.0 Å². The summed E-state index contributed by atoms with van der Waals surface area (Å²) >= 11 is 0. The summed E-state index contributed by atoms with van der Waals surface area (Å²) in [6, 6.07) is 9.80. The highest BCUT2D eigenvalue weighted by Crippen LogP contribution is 2.31. The van der Waals surface area contributed by atoms with Crippen LogP contribution in [0.5, 0.6) is 0 Å². The third-order valence-electron chi connectivity index (χ3n) is 6.61. The second kappa shape index (κ2) is 10.1. The minimum atomic E-state index is -3.68. The first-order chi connectivity index (χ1) is 16.3. The van der Waals surface area contributed by atoms with E-state index in [0.29, 0.717) is 29.9 Å². The van der Waals surface area contributed by atoms with Gasteiger partial charge in [0.2, 0.25) is 15.9 Å². The SMILES string of the molecule is Cc1ccc(C(=O)Nc2cc(C(N)=O)ccc2N2CCCCC2)cc1S(=O)(=O)N1CCCCC1. The maximum atomic E-state index is 13.3. The summed E-state index contributed by atoms with van der Waals surface area (Å²) in [5.74, 6) is -1.01. The molecule has 2 aliphatic rings.